The minimum Gasteiger partial charge on any atom is -0.453 e. The number of alkyl carbamates (subject to hydrolysis) is 1. The van der Waals surface area contributed by atoms with Crippen LogP contribution in [0.5, 0.6) is 0 Å². The van der Waals surface area contributed by atoms with Gasteiger partial charge in [-0.3, -0.25) is 4.79 Å². The fourth-order valence-electron chi connectivity index (χ4n) is 0.669. The quantitative estimate of drug-likeness (QED) is 0.643. The van der Waals surface area contributed by atoms with Gasteiger partial charge in [-0.15, -0.1) is 0 Å². The van der Waals surface area contributed by atoms with Crippen LogP contribution in [0.15, 0.2) is 0 Å². The van der Waals surface area contributed by atoms with Gasteiger partial charge in [-0.05, 0) is 13.8 Å². The van der Waals surface area contributed by atoms with Crippen molar-refractivity contribution in [2.45, 2.75) is 25.1 Å². The van der Waals surface area contributed by atoms with E-state index in [-0.39, 0.29) is 11.0 Å². The fourth-order valence-corrected chi connectivity index (χ4v) is 0.892. The minimum atomic E-state index is -0.607. The molecule has 70 valence electrons. The van der Waals surface area contributed by atoms with Crippen LogP contribution in [0, 0.1) is 0 Å². The summed E-state index contributed by atoms with van der Waals surface area (Å²) in [4.78, 5) is 21.8. The first kappa shape index (κ1) is 11.3. The van der Waals surface area contributed by atoms with E-state index in [0.717, 1.165) is 0 Å². The molecule has 0 saturated carbocycles. The summed E-state index contributed by atoms with van der Waals surface area (Å²) in [5.74, 6) is -0.135. The summed E-state index contributed by atoms with van der Waals surface area (Å²) >= 11 is 3.94. The molecule has 0 rings (SSSR count). The van der Waals surface area contributed by atoms with Crippen LogP contribution in [0.4, 0.5) is 4.79 Å². The lowest BCUT2D eigenvalue weighted by molar-refractivity contribution is -0.119. The molecule has 0 aromatic rings. The van der Waals surface area contributed by atoms with Crippen LogP contribution >= 0.6 is 12.6 Å². The number of carbonyl (C=O) groups excluding carboxylic acids is 2. The van der Waals surface area contributed by atoms with Crippen LogP contribution in [0.2, 0.25) is 0 Å². The number of thiol groups is 1. The van der Waals surface area contributed by atoms with Crippen LogP contribution in [0.1, 0.15) is 13.8 Å². The molecule has 0 radical (unpaired) electrons. The maximum atomic E-state index is 11.1. The summed E-state index contributed by atoms with van der Waals surface area (Å²) in [6.07, 6.45) is -0.607. The maximum absolute atomic E-state index is 11.1. The largest absolute Gasteiger partial charge is 0.453 e. The van der Waals surface area contributed by atoms with Gasteiger partial charge in [-0.25, -0.2) is 4.79 Å². The van der Waals surface area contributed by atoms with Crippen LogP contribution in [0.3, 0.4) is 0 Å². The molecule has 0 spiro atoms. The van der Waals surface area contributed by atoms with Crippen molar-refractivity contribution in [1.82, 2.24) is 5.32 Å². The molecule has 0 aromatic heterocycles. The summed E-state index contributed by atoms with van der Waals surface area (Å²) in [6, 6.07) is -0.551. The van der Waals surface area contributed by atoms with E-state index in [1.807, 2.05) is 0 Å². The zero-order valence-corrected chi connectivity index (χ0v) is 8.22. The lowest BCUT2D eigenvalue weighted by Crippen LogP contribution is -2.41. The first-order chi connectivity index (χ1) is 5.49. The van der Waals surface area contributed by atoms with E-state index in [1.54, 1.807) is 13.8 Å². The van der Waals surface area contributed by atoms with E-state index in [9.17, 15) is 9.59 Å². The number of Topliss-reactive ketones (excluding diaryl/α,β-unsaturated/α-hetero) is 1. The maximum Gasteiger partial charge on any atom is 0.407 e. The van der Waals surface area contributed by atoms with Crippen molar-refractivity contribution in [3.8, 4) is 0 Å². The Kier molecular flexibility index (Phi) is 4.73. The molecule has 0 saturated heterocycles. The number of rotatable bonds is 3. The Morgan fingerprint density at radius 1 is 1.42 bits per heavy atom. The van der Waals surface area contributed by atoms with Crippen molar-refractivity contribution in [3.63, 3.8) is 0 Å². The predicted octanol–water partition coefficient (Wildman–Crippen LogP) is 0.618. The average molecular weight is 191 g/mol. The van der Waals surface area contributed by atoms with Crippen molar-refractivity contribution in [3.05, 3.63) is 0 Å². The molecule has 0 fully saturated rings. The molecule has 0 aliphatic heterocycles. The van der Waals surface area contributed by atoms with Gasteiger partial charge < -0.3 is 10.1 Å². The Morgan fingerprint density at radius 3 is 2.25 bits per heavy atom. The van der Waals surface area contributed by atoms with Crippen LogP contribution in [0.25, 0.3) is 0 Å². The van der Waals surface area contributed by atoms with E-state index in [1.165, 1.54) is 7.11 Å². The highest BCUT2D eigenvalue weighted by atomic mass is 32.1. The van der Waals surface area contributed by atoms with E-state index in [2.05, 4.69) is 22.7 Å². The number of nitrogens with one attached hydrogen (secondary N) is 1. The van der Waals surface area contributed by atoms with E-state index >= 15 is 0 Å². The second kappa shape index (κ2) is 5.03. The van der Waals surface area contributed by atoms with Crippen LogP contribution < -0.4 is 5.32 Å². The smallest absolute Gasteiger partial charge is 0.407 e. The fraction of sp³-hybridized carbons (Fsp3) is 0.714. The van der Waals surface area contributed by atoms with Crippen molar-refractivity contribution in [2.24, 2.45) is 0 Å². The average Bonchev–Trinajstić information content (AvgIpc) is 2.02. The third kappa shape index (κ3) is 3.61. The second-order valence-electron chi connectivity index (χ2n) is 2.44. The van der Waals surface area contributed by atoms with Crippen molar-refractivity contribution in [2.75, 3.05) is 7.11 Å². The lowest BCUT2D eigenvalue weighted by Gasteiger charge is -2.12. The summed E-state index contributed by atoms with van der Waals surface area (Å²) in [6.45, 7) is 3.24. The Morgan fingerprint density at radius 2 is 1.92 bits per heavy atom. The molecule has 4 nitrogen and oxygen atoms in total. The number of carbonyl (C=O) groups is 2. The van der Waals surface area contributed by atoms with Gasteiger partial charge in [0.15, 0.2) is 5.78 Å². The summed E-state index contributed by atoms with van der Waals surface area (Å²) in [5, 5.41) is 1.97. The molecule has 1 N–H and O–H groups in total. The van der Waals surface area contributed by atoms with Gasteiger partial charge in [0.1, 0.15) is 0 Å². The molecule has 0 aliphatic rings. The first-order valence-corrected chi connectivity index (χ1v) is 4.07. The van der Waals surface area contributed by atoms with Crippen LogP contribution in [-0.4, -0.2) is 30.3 Å². The van der Waals surface area contributed by atoms with Gasteiger partial charge in [-0.1, -0.05) is 0 Å². The molecule has 0 aliphatic carbocycles. The number of ether oxygens (including phenoxy) is 1. The molecule has 5 heteroatoms. The Hall–Kier alpha value is -0.710. The monoisotopic (exact) mass is 191 g/mol. The number of ketones is 1. The molecule has 12 heavy (non-hydrogen) atoms. The third-order valence-electron chi connectivity index (χ3n) is 1.36. The predicted molar refractivity (Wildman–Crippen MR) is 48.5 cm³/mol. The summed E-state index contributed by atoms with van der Waals surface area (Å²) < 4.78 is 4.32. The van der Waals surface area contributed by atoms with Gasteiger partial charge in [0, 0.05) is 0 Å². The Bertz CT molecular complexity index is 181. The Balaban J connectivity index is 3.95. The van der Waals surface area contributed by atoms with Gasteiger partial charge >= 0.3 is 6.09 Å². The van der Waals surface area contributed by atoms with Gasteiger partial charge in [-0.2, -0.15) is 12.6 Å². The van der Waals surface area contributed by atoms with E-state index in [4.69, 9.17) is 0 Å². The minimum absolute atomic E-state index is 0.135. The molecule has 0 bridgehead atoms. The molecule has 1 amide bonds. The molecule has 2 atom stereocenters. The highest BCUT2D eigenvalue weighted by Crippen LogP contribution is 1.98. The van der Waals surface area contributed by atoms with E-state index in [0.29, 0.717) is 0 Å². The highest BCUT2D eigenvalue weighted by molar-refractivity contribution is 7.81. The molecular formula is C7H13NO3S. The van der Waals surface area contributed by atoms with E-state index < -0.39 is 12.1 Å². The zero-order valence-electron chi connectivity index (χ0n) is 7.33. The lowest BCUT2D eigenvalue weighted by atomic mass is 10.2. The third-order valence-corrected chi connectivity index (χ3v) is 1.61. The molecule has 1 unspecified atom stereocenters. The van der Waals surface area contributed by atoms with Crippen LogP contribution in [-0.2, 0) is 9.53 Å². The SMILES string of the molecule is COC(=O)N[C@@H](C)C(=O)C(C)S. The number of hydrogen-bond donors (Lipinski definition) is 2. The Labute approximate surface area is 77.1 Å². The summed E-state index contributed by atoms with van der Waals surface area (Å²) in [5.41, 5.74) is 0. The normalized spacial score (nSPS) is 14.7. The number of amides is 1. The second-order valence-corrected chi connectivity index (χ2v) is 3.21. The standard InChI is InChI=1S/C7H13NO3S/c1-4(6(9)5(2)12)8-7(10)11-3/h4-5,12H,1-3H3,(H,8,10)/t4-,5?/m0/s1. The van der Waals surface area contributed by atoms with Crippen molar-refractivity contribution >= 4 is 24.5 Å². The van der Waals surface area contributed by atoms with Gasteiger partial charge in [0.25, 0.3) is 0 Å². The van der Waals surface area contributed by atoms with Crippen molar-refractivity contribution in [1.29, 1.82) is 0 Å². The topological polar surface area (TPSA) is 55.4 Å². The zero-order chi connectivity index (χ0) is 9.72. The first-order valence-electron chi connectivity index (χ1n) is 3.55. The summed E-state index contributed by atoms with van der Waals surface area (Å²) in [7, 11) is 1.25. The molecule has 0 heterocycles. The number of methoxy groups -OCH3 is 1. The van der Waals surface area contributed by atoms with Gasteiger partial charge in [0.05, 0.1) is 18.4 Å². The van der Waals surface area contributed by atoms with Crippen molar-refractivity contribution < 1.29 is 14.3 Å². The molecular weight excluding hydrogens is 178 g/mol. The number of hydrogen-bond acceptors (Lipinski definition) is 4. The molecule has 0 aromatic carbocycles. The highest BCUT2D eigenvalue weighted by Gasteiger charge is 2.18. The van der Waals surface area contributed by atoms with Gasteiger partial charge in [0.2, 0.25) is 0 Å².